The summed E-state index contributed by atoms with van der Waals surface area (Å²) >= 11 is 0. The average Bonchev–Trinajstić information content (AvgIpc) is 2.34. The van der Waals surface area contributed by atoms with E-state index in [-0.39, 0.29) is 17.7 Å². The Labute approximate surface area is 129 Å². The molecule has 0 aliphatic rings. The van der Waals surface area contributed by atoms with Crippen LogP contribution in [0.25, 0.3) is 0 Å². The van der Waals surface area contributed by atoms with Crippen molar-refractivity contribution in [1.82, 2.24) is 4.72 Å². The van der Waals surface area contributed by atoms with Crippen molar-refractivity contribution >= 4 is 27.6 Å². The lowest BCUT2D eigenvalue weighted by atomic mass is 10.1. The number of carboxylic acid groups (broad SMARTS) is 1. The molecule has 0 fully saturated rings. The molecule has 22 heavy (non-hydrogen) atoms. The molecule has 0 bridgehead atoms. The third kappa shape index (κ3) is 6.23. The summed E-state index contributed by atoms with van der Waals surface area (Å²) in [5.74, 6) is -1.49. The summed E-state index contributed by atoms with van der Waals surface area (Å²) in [7, 11) is -3.63. The van der Waals surface area contributed by atoms with E-state index in [4.69, 9.17) is 5.11 Å². The molecule has 0 aromatic heterocycles. The van der Waals surface area contributed by atoms with E-state index in [1.165, 1.54) is 24.3 Å². The number of benzene rings is 1. The van der Waals surface area contributed by atoms with E-state index >= 15 is 0 Å². The zero-order valence-corrected chi connectivity index (χ0v) is 13.5. The summed E-state index contributed by atoms with van der Waals surface area (Å²) in [4.78, 5) is 21.9. The van der Waals surface area contributed by atoms with E-state index in [1.807, 2.05) is 0 Å². The number of hydrogen-bond acceptors (Lipinski definition) is 4. The van der Waals surface area contributed by atoms with Gasteiger partial charge in [-0.1, -0.05) is 0 Å². The Hall–Kier alpha value is -1.93. The molecule has 0 unspecified atom stereocenters. The van der Waals surface area contributed by atoms with E-state index in [0.717, 1.165) is 0 Å². The monoisotopic (exact) mass is 328 g/mol. The number of sulfonamides is 1. The maximum absolute atomic E-state index is 12.1. The molecule has 1 amide bonds. The van der Waals surface area contributed by atoms with Gasteiger partial charge < -0.3 is 10.4 Å². The second-order valence-electron chi connectivity index (χ2n) is 5.82. The van der Waals surface area contributed by atoms with Gasteiger partial charge in [-0.15, -0.1) is 0 Å². The third-order valence-electron chi connectivity index (χ3n) is 2.45. The van der Waals surface area contributed by atoms with Crippen molar-refractivity contribution < 1.29 is 23.1 Å². The molecule has 0 radical (unpaired) electrons. The molecule has 0 saturated heterocycles. The van der Waals surface area contributed by atoms with Crippen molar-refractivity contribution in [3.8, 4) is 0 Å². The van der Waals surface area contributed by atoms with Crippen LogP contribution < -0.4 is 10.0 Å². The number of nitrogens with one attached hydrogen (secondary N) is 2. The van der Waals surface area contributed by atoms with E-state index < -0.39 is 27.4 Å². The first-order valence-corrected chi connectivity index (χ1v) is 8.14. The minimum atomic E-state index is -3.63. The summed E-state index contributed by atoms with van der Waals surface area (Å²) in [6, 6.07) is 5.66. The molecule has 8 heteroatoms. The molecular weight excluding hydrogens is 308 g/mol. The Morgan fingerprint density at radius 1 is 1.09 bits per heavy atom. The van der Waals surface area contributed by atoms with E-state index in [1.54, 1.807) is 20.8 Å². The first-order valence-electron chi connectivity index (χ1n) is 6.65. The maximum Gasteiger partial charge on any atom is 0.303 e. The fraction of sp³-hybridized carbons (Fsp3) is 0.429. The predicted octanol–water partition coefficient (Wildman–Crippen LogP) is 1.57. The molecule has 1 aromatic carbocycles. The van der Waals surface area contributed by atoms with Crippen LogP contribution in [0.5, 0.6) is 0 Å². The molecule has 3 N–H and O–H groups in total. The van der Waals surface area contributed by atoms with Crippen molar-refractivity contribution in [3.63, 3.8) is 0 Å². The van der Waals surface area contributed by atoms with Crippen molar-refractivity contribution in [2.75, 3.05) is 5.32 Å². The highest BCUT2D eigenvalue weighted by molar-refractivity contribution is 7.89. The number of anilines is 1. The first-order chi connectivity index (χ1) is 9.99. The van der Waals surface area contributed by atoms with Crippen LogP contribution >= 0.6 is 0 Å². The van der Waals surface area contributed by atoms with Crippen molar-refractivity contribution in [1.29, 1.82) is 0 Å². The molecule has 0 saturated carbocycles. The van der Waals surface area contributed by atoms with Crippen LogP contribution in [0.1, 0.15) is 33.6 Å². The lowest BCUT2D eigenvalue weighted by molar-refractivity contribution is -0.138. The Morgan fingerprint density at radius 2 is 1.64 bits per heavy atom. The fourth-order valence-corrected chi connectivity index (χ4v) is 3.04. The number of carboxylic acids is 1. The Bertz CT molecular complexity index is 645. The molecule has 7 nitrogen and oxygen atoms in total. The lowest BCUT2D eigenvalue weighted by Gasteiger charge is -2.20. The third-order valence-corrected chi connectivity index (χ3v) is 4.23. The van der Waals surface area contributed by atoms with Gasteiger partial charge in [-0.2, -0.15) is 0 Å². The summed E-state index contributed by atoms with van der Waals surface area (Å²) in [5.41, 5.74) is -0.187. The van der Waals surface area contributed by atoms with Crippen molar-refractivity contribution in [2.45, 2.75) is 44.0 Å². The van der Waals surface area contributed by atoms with Crippen LogP contribution in [0.3, 0.4) is 0 Å². The molecule has 0 aliphatic heterocycles. The summed E-state index contributed by atoms with van der Waals surface area (Å²) < 4.78 is 26.7. The van der Waals surface area contributed by atoms with Gasteiger partial charge in [-0.3, -0.25) is 9.59 Å². The molecule has 1 rings (SSSR count). The molecule has 1 aromatic rings. The zero-order valence-electron chi connectivity index (χ0n) is 12.7. The number of aliphatic carboxylic acids is 1. The highest BCUT2D eigenvalue weighted by atomic mass is 32.2. The summed E-state index contributed by atoms with van der Waals surface area (Å²) in [5, 5.41) is 11.0. The SMILES string of the molecule is CC(C)(C)NS(=O)(=O)c1ccc(NC(=O)CCC(=O)O)cc1. The molecular formula is C14H20N2O5S. The normalized spacial score (nSPS) is 12.0. The molecule has 0 heterocycles. The second-order valence-corrected chi connectivity index (χ2v) is 7.50. The quantitative estimate of drug-likeness (QED) is 0.733. The van der Waals surface area contributed by atoms with Gasteiger partial charge in [-0.05, 0) is 45.0 Å². The summed E-state index contributed by atoms with van der Waals surface area (Å²) in [6.07, 6.45) is -0.394. The van der Waals surface area contributed by atoms with Gasteiger partial charge in [0.25, 0.3) is 0 Å². The van der Waals surface area contributed by atoms with Crippen LogP contribution in [0, 0.1) is 0 Å². The number of hydrogen-bond donors (Lipinski definition) is 3. The van der Waals surface area contributed by atoms with Gasteiger partial charge in [0.2, 0.25) is 15.9 Å². The van der Waals surface area contributed by atoms with Crippen LogP contribution in [0.15, 0.2) is 29.2 Å². The van der Waals surface area contributed by atoms with E-state index in [9.17, 15) is 18.0 Å². The number of rotatable bonds is 6. The minimum absolute atomic E-state index is 0.0889. The Morgan fingerprint density at radius 3 is 2.09 bits per heavy atom. The highest BCUT2D eigenvalue weighted by Crippen LogP contribution is 2.16. The van der Waals surface area contributed by atoms with Crippen LogP contribution in [0.4, 0.5) is 5.69 Å². The first kappa shape index (κ1) is 18.1. The van der Waals surface area contributed by atoms with Crippen LogP contribution in [-0.2, 0) is 19.6 Å². The smallest absolute Gasteiger partial charge is 0.303 e. The van der Waals surface area contributed by atoms with Gasteiger partial charge >= 0.3 is 5.97 Å². The molecule has 0 spiro atoms. The van der Waals surface area contributed by atoms with E-state index in [0.29, 0.717) is 5.69 Å². The van der Waals surface area contributed by atoms with Crippen molar-refractivity contribution in [3.05, 3.63) is 24.3 Å². The molecule has 0 aliphatic carbocycles. The summed E-state index contributed by atoms with van der Waals surface area (Å²) in [6.45, 7) is 5.21. The predicted molar refractivity (Wildman–Crippen MR) is 82.0 cm³/mol. The molecule has 0 atom stereocenters. The van der Waals surface area contributed by atoms with Crippen LogP contribution in [0.2, 0.25) is 0 Å². The van der Waals surface area contributed by atoms with Gasteiger partial charge in [0, 0.05) is 17.6 Å². The number of amides is 1. The topological polar surface area (TPSA) is 113 Å². The largest absolute Gasteiger partial charge is 0.481 e. The standard InChI is InChI=1S/C14H20N2O5S/c1-14(2,3)16-22(20,21)11-6-4-10(5-7-11)15-12(17)8-9-13(18)19/h4-7,16H,8-9H2,1-3H3,(H,15,17)(H,18,19). The lowest BCUT2D eigenvalue weighted by Crippen LogP contribution is -2.40. The fourth-order valence-electron chi connectivity index (χ4n) is 1.62. The van der Waals surface area contributed by atoms with Gasteiger partial charge in [0.05, 0.1) is 11.3 Å². The highest BCUT2D eigenvalue weighted by Gasteiger charge is 2.21. The van der Waals surface area contributed by atoms with Gasteiger partial charge in [-0.25, -0.2) is 13.1 Å². The van der Waals surface area contributed by atoms with Crippen molar-refractivity contribution in [2.24, 2.45) is 0 Å². The Balaban J connectivity index is 2.75. The van der Waals surface area contributed by atoms with Crippen LogP contribution in [-0.4, -0.2) is 30.9 Å². The van der Waals surface area contributed by atoms with Gasteiger partial charge in [0.1, 0.15) is 0 Å². The number of carbonyl (C=O) groups excluding carboxylic acids is 1. The Kier molecular flexibility index (Phi) is 5.67. The average molecular weight is 328 g/mol. The minimum Gasteiger partial charge on any atom is -0.481 e. The van der Waals surface area contributed by atoms with E-state index in [2.05, 4.69) is 10.0 Å². The second kappa shape index (κ2) is 6.89. The zero-order chi connectivity index (χ0) is 17.0. The number of carbonyl (C=O) groups is 2. The molecule has 122 valence electrons. The van der Waals surface area contributed by atoms with Gasteiger partial charge in [0.15, 0.2) is 0 Å². The maximum atomic E-state index is 12.1.